The number of benzene rings is 2. The molecule has 0 aliphatic carbocycles. The van der Waals surface area contributed by atoms with Crippen LogP contribution in [0.3, 0.4) is 0 Å². The molecule has 7 heteroatoms. The first-order valence-corrected chi connectivity index (χ1v) is 11.3. The molecule has 5 nitrogen and oxygen atoms in total. The molecule has 0 radical (unpaired) electrons. The summed E-state index contributed by atoms with van der Waals surface area (Å²) in [5, 5.41) is 12.4. The molecule has 0 saturated carbocycles. The van der Waals surface area contributed by atoms with E-state index in [0.29, 0.717) is 22.5 Å². The molecule has 0 amide bonds. The second-order valence-electron chi connectivity index (χ2n) is 7.29. The summed E-state index contributed by atoms with van der Waals surface area (Å²) in [6.07, 6.45) is 4.46. The molecule has 2 aromatic carbocycles. The summed E-state index contributed by atoms with van der Waals surface area (Å²) in [7, 11) is 0. The Morgan fingerprint density at radius 3 is 2.30 bits per heavy atom. The Balaban J connectivity index is 1.81. The molecule has 1 aromatic heterocycles. The van der Waals surface area contributed by atoms with Gasteiger partial charge in [-0.1, -0.05) is 56.0 Å². The molecule has 0 aliphatic rings. The molecule has 0 saturated heterocycles. The number of unbranched alkanes of at least 4 members (excludes halogenated alkanes) is 2. The van der Waals surface area contributed by atoms with Gasteiger partial charge in [0.05, 0.1) is 15.6 Å². The largest absolute Gasteiger partial charge is 0.381 e. The SMILES string of the molecule is CCCCNc1nc(NCCCC)c2cc(NCc3ccc(Cl)c(Cl)c3)ccc2n1. The van der Waals surface area contributed by atoms with Crippen LogP contribution >= 0.6 is 23.2 Å². The number of nitrogens with one attached hydrogen (secondary N) is 3. The summed E-state index contributed by atoms with van der Waals surface area (Å²) in [6, 6.07) is 11.8. The first-order valence-electron chi connectivity index (χ1n) is 10.6. The molecule has 1 heterocycles. The van der Waals surface area contributed by atoms with Crippen LogP contribution in [0.25, 0.3) is 10.9 Å². The maximum absolute atomic E-state index is 6.12. The maximum Gasteiger partial charge on any atom is 0.225 e. The van der Waals surface area contributed by atoms with E-state index < -0.39 is 0 Å². The van der Waals surface area contributed by atoms with Crippen LogP contribution in [0.4, 0.5) is 17.5 Å². The number of hydrogen-bond acceptors (Lipinski definition) is 5. The number of nitrogens with zero attached hydrogens (tertiary/aromatic N) is 2. The van der Waals surface area contributed by atoms with Crippen LogP contribution in [0.15, 0.2) is 36.4 Å². The van der Waals surface area contributed by atoms with E-state index in [1.54, 1.807) is 0 Å². The third-order valence-corrected chi connectivity index (χ3v) is 5.55. The number of hydrogen-bond donors (Lipinski definition) is 3. The summed E-state index contributed by atoms with van der Waals surface area (Å²) in [6.45, 7) is 6.77. The molecule has 0 fully saturated rings. The molecule has 0 spiro atoms. The number of anilines is 3. The van der Waals surface area contributed by atoms with Gasteiger partial charge in [0.2, 0.25) is 5.95 Å². The molecule has 0 bridgehead atoms. The number of fused-ring (bicyclic) bond motifs is 1. The second-order valence-corrected chi connectivity index (χ2v) is 8.10. The predicted molar refractivity (Wildman–Crippen MR) is 130 cm³/mol. The first-order chi connectivity index (χ1) is 14.6. The normalized spacial score (nSPS) is 10.9. The molecule has 3 aromatic rings. The molecular weight excluding hydrogens is 417 g/mol. The van der Waals surface area contributed by atoms with Gasteiger partial charge in [-0.15, -0.1) is 0 Å². The standard InChI is InChI=1S/C23H29Cl2N5/c1-3-5-11-26-22-18-14-17(28-15-16-7-9-19(24)20(25)13-16)8-10-21(18)29-23(30-22)27-12-6-4-2/h7-10,13-14,28H,3-6,11-12,15H2,1-2H3,(H2,26,27,29,30). The zero-order valence-electron chi connectivity index (χ0n) is 17.6. The van der Waals surface area contributed by atoms with Crippen molar-refractivity contribution < 1.29 is 0 Å². The van der Waals surface area contributed by atoms with Crippen molar-refractivity contribution >= 4 is 51.6 Å². The van der Waals surface area contributed by atoms with E-state index in [0.717, 1.165) is 66.7 Å². The van der Waals surface area contributed by atoms with Gasteiger partial charge >= 0.3 is 0 Å². The van der Waals surface area contributed by atoms with E-state index in [4.69, 9.17) is 33.2 Å². The van der Waals surface area contributed by atoms with Crippen molar-refractivity contribution in [2.24, 2.45) is 0 Å². The van der Waals surface area contributed by atoms with Crippen LogP contribution in [-0.4, -0.2) is 23.1 Å². The van der Waals surface area contributed by atoms with Crippen LogP contribution in [-0.2, 0) is 6.54 Å². The minimum atomic E-state index is 0.563. The molecule has 160 valence electrons. The summed E-state index contributed by atoms with van der Waals surface area (Å²) in [4.78, 5) is 9.43. The lowest BCUT2D eigenvalue weighted by Crippen LogP contribution is -2.10. The fourth-order valence-corrected chi connectivity index (χ4v) is 3.39. The van der Waals surface area contributed by atoms with E-state index in [1.165, 1.54) is 0 Å². The lowest BCUT2D eigenvalue weighted by Gasteiger charge is -2.13. The number of aromatic nitrogens is 2. The van der Waals surface area contributed by atoms with Crippen molar-refractivity contribution in [3.05, 3.63) is 52.0 Å². The minimum Gasteiger partial charge on any atom is -0.381 e. The van der Waals surface area contributed by atoms with Gasteiger partial charge in [0.1, 0.15) is 5.82 Å². The van der Waals surface area contributed by atoms with Crippen molar-refractivity contribution in [1.29, 1.82) is 0 Å². The van der Waals surface area contributed by atoms with Crippen molar-refractivity contribution in [1.82, 2.24) is 9.97 Å². The Hall–Kier alpha value is -2.24. The van der Waals surface area contributed by atoms with Crippen LogP contribution in [0.1, 0.15) is 45.1 Å². The smallest absolute Gasteiger partial charge is 0.225 e. The van der Waals surface area contributed by atoms with Crippen LogP contribution in [0, 0.1) is 0 Å². The highest BCUT2D eigenvalue weighted by molar-refractivity contribution is 6.42. The lowest BCUT2D eigenvalue weighted by atomic mass is 10.2. The minimum absolute atomic E-state index is 0.563. The second kappa shape index (κ2) is 11.2. The average Bonchev–Trinajstić information content (AvgIpc) is 2.75. The topological polar surface area (TPSA) is 61.9 Å². The van der Waals surface area contributed by atoms with E-state index in [9.17, 15) is 0 Å². The first kappa shape index (κ1) is 22.4. The van der Waals surface area contributed by atoms with Crippen molar-refractivity contribution in [3.63, 3.8) is 0 Å². The summed E-state index contributed by atoms with van der Waals surface area (Å²) in [5.41, 5.74) is 2.99. The average molecular weight is 446 g/mol. The van der Waals surface area contributed by atoms with E-state index in [2.05, 4.69) is 35.9 Å². The van der Waals surface area contributed by atoms with Gasteiger partial charge in [0, 0.05) is 30.7 Å². The van der Waals surface area contributed by atoms with Crippen molar-refractivity contribution in [2.45, 2.75) is 46.1 Å². The van der Waals surface area contributed by atoms with Gasteiger partial charge in [-0.2, -0.15) is 4.98 Å². The number of halogens is 2. The van der Waals surface area contributed by atoms with Gasteiger partial charge in [-0.3, -0.25) is 0 Å². The predicted octanol–water partition coefficient (Wildman–Crippen LogP) is 6.97. The Bertz CT molecular complexity index is 977. The van der Waals surface area contributed by atoms with Crippen LogP contribution in [0.2, 0.25) is 10.0 Å². The molecule has 0 unspecified atom stereocenters. The third kappa shape index (κ3) is 6.13. The Labute approximate surface area is 188 Å². The van der Waals surface area contributed by atoms with Crippen molar-refractivity contribution in [2.75, 3.05) is 29.0 Å². The summed E-state index contributed by atoms with van der Waals surface area (Å²) >= 11 is 12.1. The van der Waals surface area contributed by atoms with E-state index >= 15 is 0 Å². The number of rotatable bonds is 11. The van der Waals surface area contributed by atoms with Crippen molar-refractivity contribution in [3.8, 4) is 0 Å². The highest BCUT2D eigenvalue weighted by atomic mass is 35.5. The van der Waals surface area contributed by atoms with E-state index in [1.807, 2.05) is 30.3 Å². The highest BCUT2D eigenvalue weighted by Gasteiger charge is 2.09. The summed E-state index contributed by atoms with van der Waals surface area (Å²) < 4.78 is 0. The highest BCUT2D eigenvalue weighted by Crippen LogP contribution is 2.27. The van der Waals surface area contributed by atoms with E-state index in [-0.39, 0.29) is 0 Å². The molecule has 30 heavy (non-hydrogen) atoms. The monoisotopic (exact) mass is 445 g/mol. The molecular formula is C23H29Cl2N5. The maximum atomic E-state index is 6.12. The van der Waals surface area contributed by atoms with Crippen LogP contribution in [0.5, 0.6) is 0 Å². The van der Waals surface area contributed by atoms with Gasteiger partial charge in [-0.25, -0.2) is 4.98 Å². The molecule has 0 atom stereocenters. The third-order valence-electron chi connectivity index (χ3n) is 4.81. The molecule has 3 N–H and O–H groups in total. The lowest BCUT2D eigenvalue weighted by molar-refractivity contribution is 0.823. The molecule has 0 aliphatic heterocycles. The Morgan fingerprint density at radius 2 is 1.57 bits per heavy atom. The summed E-state index contributed by atoms with van der Waals surface area (Å²) in [5.74, 6) is 1.54. The fraction of sp³-hybridized carbons (Fsp3) is 0.391. The van der Waals surface area contributed by atoms with Gasteiger partial charge in [0.25, 0.3) is 0 Å². The quantitative estimate of drug-likeness (QED) is 0.278. The Morgan fingerprint density at radius 1 is 0.800 bits per heavy atom. The fourth-order valence-electron chi connectivity index (χ4n) is 3.07. The van der Waals surface area contributed by atoms with Gasteiger partial charge in [-0.05, 0) is 48.7 Å². The zero-order valence-corrected chi connectivity index (χ0v) is 19.1. The molecule has 3 rings (SSSR count). The van der Waals surface area contributed by atoms with Crippen LogP contribution < -0.4 is 16.0 Å². The van der Waals surface area contributed by atoms with Gasteiger partial charge < -0.3 is 16.0 Å². The van der Waals surface area contributed by atoms with Gasteiger partial charge in [0.15, 0.2) is 0 Å². The zero-order chi connectivity index (χ0) is 21.3. The Kier molecular flexibility index (Phi) is 8.40.